The monoisotopic (exact) mass is 405 g/mol. The summed E-state index contributed by atoms with van der Waals surface area (Å²) in [5.41, 5.74) is 14.2. The van der Waals surface area contributed by atoms with Crippen LogP contribution in [0.2, 0.25) is 0 Å². The predicted octanol–water partition coefficient (Wildman–Crippen LogP) is 1.49. The fourth-order valence-electron chi connectivity index (χ4n) is 3.98. The van der Waals surface area contributed by atoms with E-state index in [-0.39, 0.29) is 17.6 Å². The van der Waals surface area contributed by atoms with E-state index in [1.165, 1.54) is 0 Å². The molecule has 0 radical (unpaired) electrons. The van der Waals surface area contributed by atoms with E-state index < -0.39 is 0 Å². The lowest BCUT2D eigenvalue weighted by Gasteiger charge is -2.12. The quantitative estimate of drug-likeness (QED) is 0.449. The van der Waals surface area contributed by atoms with Crippen LogP contribution in [0.15, 0.2) is 47.3 Å². The molecule has 0 spiro atoms. The van der Waals surface area contributed by atoms with Gasteiger partial charge in [0.15, 0.2) is 0 Å². The van der Waals surface area contributed by atoms with E-state index in [4.69, 9.17) is 4.98 Å². The van der Waals surface area contributed by atoms with Crippen LogP contribution in [0.3, 0.4) is 0 Å². The minimum Gasteiger partial charge on any atom is -0.322 e. The summed E-state index contributed by atoms with van der Waals surface area (Å²) in [5, 5.41) is 3.48. The van der Waals surface area contributed by atoms with Crippen molar-refractivity contribution in [3.05, 3.63) is 69.8 Å². The average molecular weight is 405 g/mol. The summed E-state index contributed by atoms with van der Waals surface area (Å²) in [7, 11) is 0. The average Bonchev–Trinajstić information content (AvgIpc) is 3.20. The van der Waals surface area contributed by atoms with Crippen LogP contribution >= 0.6 is 0 Å². The highest BCUT2D eigenvalue weighted by molar-refractivity contribution is 6.06. The first-order valence-electron chi connectivity index (χ1n) is 10.1. The third kappa shape index (κ3) is 3.59. The number of hydrazine groups is 3. The van der Waals surface area contributed by atoms with Gasteiger partial charge in [-0.2, -0.15) is 11.1 Å². The second kappa shape index (κ2) is 7.96. The van der Waals surface area contributed by atoms with Crippen LogP contribution in [0.1, 0.15) is 47.2 Å². The molecule has 154 valence electrons. The Bertz CT molecular complexity index is 1170. The van der Waals surface area contributed by atoms with E-state index in [0.29, 0.717) is 28.7 Å². The number of nitrogens with zero attached hydrogens (tertiary/aromatic N) is 2. The number of carbonyl (C=O) groups is 1. The van der Waals surface area contributed by atoms with Crippen molar-refractivity contribution in [1.82, 2.24) is 31.5 Å². The maximum Gasteiger partial charge on any atom is 0.261 e. The van der Waals surface area contributed by atoms with Crippen LogP contribution in [-0.4, -0.2) is 15.5 Å². The largest absolute Gasteiger partial charge is 0.322 e. The molecule has 0 bridgehead atoms. The summed E-state index contributed by atoms with van der Waals surface area (Å²) in [4.78, 5) is 30.4. The van der Waals surface area contributed by atoms with Crippen molar-refractivity contribution >= 4 is 22.5 Å². The van der Waals surface area contributed by atoms with Gasteiger partial charge in [-0.05, 0) is 48.7 Å². The van der Waals surface area contributed by atoms with Crippen LogP contribution < -0.4 is 32.8 Å². The van der Waals surface area contributed by atoms with Gasteiger partial charge in [-0.1, -0.05) is 18.6 Å². The first kappa shape index (κ1) is 18.9. The smallest absolute Gasteiger partial charge is 0.261 e. The topological polar surface area (TPSA) is 112 Å². The number of fused-ring (bicyclic) bond motifs is 2. The minimum atomic E-state index is -0.241. The SMILES string of the molecule is O=C(Nc1cccc(C2NNNN2)c1)c1ccc2c(=O)n3c(nc2c1)CCCCC3. The minimum absolute atomic E-state index is 0.0182. The summed E-state index contributed by atoms with van der Waals surface area (Å²) < 4.78 is 1.79. The highest BCUT2D eigenvalue weighted by Gasteiger charge is 2.17. The van der Waals surface area contributed by atoms with Gasteiger partial charge in [-0.25, -0.2) is 15.8 Å². The molecule has 0 saturated carbocycles. The van der Waals surface area contributed by atoms with E-state index in [1.807, 2.05) is 24.3 Å². The molecule has 0 unspecified atom stereocenters. The van der Waals surface area contributed by atoms with Gasteiger partial charge in [-0.15, -0.1) is 0 Å². The van der Waals surface area contributed by atoms with Crippen molar-refractivity contribution in [2.75, 3.05) is 5.32 Å². The van der Waals surface area contributed by atoms with E-state index in [9.17, 15) is 9.59 Å². The van der Waals surface area contributed by atoms with Crippen molar-refractivity contribution < 1.29 is 4.79 Å². The molecule has 1 aromatic heterocycles. The van der Waals surface area contributed by atoms with Crippen LogP contribution in [0.4, 0.5) is 5.69 Å². The Morgan fingerprint density at radius 1 is 1.07 bits per heavy atom. The summed E-state index contributed by atoms with van der Waals surface area (Å²) in [5.74, 6) is 0.573. The molecule has 0 aliphatic carbocycles. The van der Waals surface area contributed by atoms with Crippen LogP contribution in [0.25, 0.3) is 10.9 Å². The summed E-state index contributed by atoms with van der Waals surface area (Å²) >= 11 is 0. The van der Waals surface area contributed by atoms with Crippen LogP contribution in [0, 0.1) is 0 Å². The molecule has 3 heterocycles. The molecular weight excluding hydrogens is 382 g/mol. The zero-order valence-electron chi connectivity index (χ0n) is 16.4. The molecule has 30 heavy (non-hydrogen) atoms. The highest BCUT2D eigenvalue weighted by Crippen LogP contribution is 2.19. The van der Waals surface area contributed by atoms with Crippen molar-refractivity contribution in [2.24, 2.45) is 0 Å². The second-order valence-corrected chi connectivity index (χ2v) is 7.58. The molecule has 1 saturated heterocycles. The number of anilines is 1. The molecule has 0 atom stereocenters. The molecule has 5 N–H and O–H groups in total. The van der Waals surface area contributed by atoms with Crippen molar-refractivity contribution in [1.29, 1.82) is 0 Å². The van der Waals surface area contributed by atoms with E-state index in [2.05, 4.69) is 27.2 Å². The predicted molar refractivity (Wildman–Crippen MR) is 113 cm³/mol. The van der Waals surface area contributed by atoms with Gasteiger partial charge >= 0.3 is 0 Å². The van der Waals surface area contributed by atoms with Crippen molar-refractivity contribution in [3.8, 4) is 0 Å². The Kier molecular flexibility index (Phi) is 5.01. The lowest BCUT2D eigenvalue weighted by molar-refractivity contribution is 0.102. The number of aryl methyl sites for hydroxylation is 1. The Balaban J connectivity index is 1.42. The van der Waals surface area contributed by atoms with E-state index in [1.54, 1.807) is 22.8 Å². The molecule has 2 aliphatic heterocycles. The normalized spacial score (nSPS) is 16.9. The molecule has 1 fully saturated rings. The molecule has 1 amide bonds. The molecule has 5 rings (SSSR count). The first-order valence-corrected chi connectivity index (χ1v) is 10.1. The number of carbonyl (C=O) groups excluding carboxylic acids is 1. The maximum absolute atomic E-state index is 12.9. The third-order valence-corrected chi connectivity index (χ3v) is 5.55. The Morgan fingerprint density at radius 3 is 2.80 bits per heavy atom. The number of hydrogen-bond acceptors (Lipinski definition) is 7. The number of hydrogen-bond donors (Lipinski definition) is 5. The summed E-state index contributed by atoms with van der Waals surface area (Å²) in [6.45, 7) is 0.714. The van der Waals surface area contributed by atoms with Gasteiger partial charge in [0.25, 0.3) is 11.5 Å². The molecule has 3 aromatic rings. The number of rotatable bonds is 3. The number of aromatic nitrogens is 2. The van der Waals surface area contributed by atoms with Crippen molar-refractivity contribution in [2.45, 2.75) is 38.4 Å². The molecule has 2 aliphatic rings. The fourth-order valence-corrected chi connectivity index (χ4v) is 3.98. The first-order chi connectivity index (χ1) is 14.7. The van der Waals surface area contributed by atoms with Crippen molar-refractivity contribution in [3.63, 3.8) is 0 Å². The molecule has 9 heteroatoms. The van der Waals surface area contributed by atoms with Crippen LogP contribution in [0.5, 0.6) is 0 Å². The van der Waals surface area contributed by atoms with Gasteiger partial charge < -0.3 is 5.32 Å². The lowest BCUT2D eigenvalue weighted by atomic mass is 10.1. The fraction of sp³-hybridized carbons (Fsp3) is 0.286. The third-order valence-electron chi connectivity index (χ3n) is 5.55. The van der Waals surface area contributed by atoms with E-state index in [0.717, 1.165) is 37.1 Å². The lowest BCUT2D eigenvalue weighted by Crippen LogP contribution is -2.33. The van der Waals surface area contributed by atoms with Gasteiger partial charge in [0, 0.05) is 24.2 Å². The van der Waals surface area contributed by atoms with Gasteiger partial charge in [0.2, 0.25) is 0 Å². The number of amides is 1. The van der Waals surface area contributed by atoms with Gasteiger partial charge in [0.1, 0.15) is 12.0 Å². The second-order valence-electron chi connectivity index (χ2n) is 7.58. The maximum atomic E-state index is 12.9. The Labute approximate surface area is 172 Å². The summed E-state index contributed by atoms with van der Waals surface area (Å²) in [6, 6.07) is 12.7. The Morgan fingerprint density at radius 2 is 1.93 bits per heavy atom. The molecular formula is C21H23N7O2. The van der Waals surface area contributed by atoms with Gasteiger partial charge in [0.05, 0.1) is 10.9 Å². The number of nitrogens with one attached hydrogen (secondary N) is 5. The summed E-state index contributed by atoms with van der Waals surface area (Å²) in [6.07, 6.45) is 3.81. The van der Waals surface area contributed by atoms with Gasteiger partial charge in [-0.3, -0.25) is 14.2 Å². The zero-order valence-corrected chi connectivity index (χ0v) is 16.4. The standard InChI is InChI=1S/C21H23N7O2/c29-20(22-15-6-4-5-13(11-15)19-24-26-27-25-19)14-8-9-16-17(12-14)23-18-7-2-1-3-10-28(18)21(16)30/h4-6,8-9,11-12,19,24-27H,1-3,7,10H2,(H,22,29). The number of benzene rings is 2. The molecule has 9 nitrogen and oxygen atoms in total. The van der Waals surface area contributed by atoms with E-state index >= 15 is 0 Å². The molecule has 2 aromatic carbocycles. The zero-order chi connectivity index (χ0) is 20.5. The Hall–Kier alpha value is -3.11. The van der Waals surface area contributed by atoms with Crippen LogP contribution in [-0.2, 0) is 13.0 Å². The highest BCUT2D eigenvalue weighted by atomic mass is 16.1.